The van der Waals surface area contributed by atoms with Gasteiger partial charge in [0.1, 0.15) is 0 Å². The fourth-order valence-corrected chi connectivity index (χ4v) is 4.75. The van der Waals surface area contributed by atoms with Crippen LogP contribution in [0.25, 0.3) is 0 Å². The van der Waals surface area contributed by atoms with Crippen LogP contribution >= 0.6 is 11.3 Å². The maximum absolute atomic E-state index is 12.8. The lowest BCUT2D eigenvalue weighted by Crippen LogP contribution is -2.34. The first kappa shape index (κ1) is 26.6. The summed E-state index contributed by atoms with van der Waals surface area (Å²) in [6, 6.07) is 20.3. The van der Waals surface area contributed by atoms with Gasteiger partial charge in [0.05, 0.1) is 21.8 Å². The lowest BCUT2D eigenvalue weighted by Gasteiger charge is -2.25. The first-order valence-corrected chi connectivity index (χ1v) is 12.6. The zero-order valence-corrected chi connectivity index (χ0v) is 22.3. The number of nitrogens with one attached hydrogen (secondary N) is 2. The van der Waals surface area contributed by atoms with Crippen LogP contribution in [0.5, 0.6) is 0 Å². The predicted octanol–water partition coefficient (Wildman–Crippen LogP) is 4.43. The molecule has 2 aromatic carbocycles. The molecule has 0 bridgehead atoms. The van der Waals surface area contributed by atoms with Crippen molar-refractivity contribution in [1.29, 1.82) is 0 Å². The number of hydrogen-bond donors (Lipinski definition) is 2. The van der Waals surface area contributed by atoms with E-state index in [-0.39, 0.29) is 23.9 Å². The highest BCUT2D eigenvalue weighted by atomic mass is 32.1. The third-order valence-electron chi connectivity index (χ3n) is 6.14. The maximum atomic E-state index is 12.8. The summed E-state index contributed by atoms with van der Waals surface area (Å²) < 4.78 is 0. The van der Waals surface area contributed by atoms with Crippen molar-refractivity contribution in [3.8, 4) is 0 Å². The fraction of sp³-hybridized carbons (Fsp3) is 0.357. The van der Waals surface area contributed by atoms with Gasteiger partial charge < -0.3 is 20.4 Å². The smallest absolute Gasteiger partial charge is 0.261 e. The molecular weight excluding hydrogens is 456 g/mol. The summed E-state index contributed by atoms with van der Waals surface area (Å²) in [6.07, 6.45) is 0. The standard InChI is InChI=1S/C28H36N4O2S/c1-19-7-11-21(12-8-19)23(31(3)4)17-29-27(33)25-15-16-26(35-25)28(34)30-18-24(32(5)6)22-13-9-20(2)10-14-22/h7-16,23-24H,17-18H2,1-6H3,(H,29,33)(H,30,34). The number of benzene rings is 2. The summed E-state index contributed by atoms with van der Waals surface area (Å²) in [6.45, 7) is 5.08. The third kappa shape index (κ3) is 7.24. The number of carbonyl (C=O) groups is 2. The van der Waals surface area contributed by atoms with Crippen LogP contribution in [0.3, 0.4) is 0 Å². The lowest BCUT2D eigenvalue weighted by molar-refractivity contribution is 0.0939. The van der Waals surface area contributed by atoms with Crippen LogP contribution in [0.4, 0.5) is 0 Å². The second-order valence-corrected chi connectivity index (χ2v) is 10.4. The number of carbonyl (C=O) groups excluding carboxylic acids is 2. The Morgan fingerprint density at radius 2 is 1.00 bits per heavy atom. The average Bonchev–Trinajstić information content (AvgIpc) is 3.31. The van der Waals surface area contributed by atoms with Gasteiger partial charge >= 0.3 is 0 Å². The van der Waals surface area contributed by atoms with Crippen molar-refractivity contribution in [3.63, 3.8) is 0 Å². The lowest BCUT2D eigenvalue weighted by atomic mass is 10.0. The SMILES string of the molecule is Cc1ccc(C(CNC(=O)c2ccc(C(=O)NCC(c3ccc(C)cc3)N(C)C)s2)N(C)C)cc1. The van der Waals surface area contributed by atoms with Crippen LogP contribution in [-0.2, 0) is 0 Å². The quantitative estimate of drug-likeness (QED) is 0.440. The molecule has 0 aliphatic rings. The summed E-state index contributed by atoms with van der Waals surface area (Å²) in [5.74, 6) is -0.335. The number of amides is 2. The van der Waals surface area contributed by atoms with Crippen LogP contribution in [0.15, 0.2) is 60.7 Å². The summed E-state index contributed by atoms with van der Waals surface area (Å²) in [7, 11) is 8.01. The molecule has 0 radical (unpaired) electrons. The number of hydrogen-bond acceptors (Lipinski definition) is 5. The van der Waals surface area contributed by atoms with Gasteiger partial charge in [-0.2, -0.15) is 0 Å². The molecule has 2 N–H and O–H groups in total. The van der Waals surface area contributed by atoms with E-state index in [1.807, 2.05) is 28.2 Å². The molecule has 0 saturated heterocycles. The number of likely N-dealkylation sites (N-methyl/N-ethyl adjacent to an activating group) is 2. The van der Waals surface area contributed by atoms with E-state index in [2.05, 4.69) is 82.8 Å². The molecule has 0 aliphatic carbocycles. The van der Waals surface area contributed by atoms with E-state index in [4.69, 9.17) is 0 Å². The molecule has 0 spiro atoms. The molecule has 7 heteroatoms. The molecule has 2 amide bonds. The van der Waals surface area contributed by atoms with Crippen LogP contribution in [0.1, 0.15) is 53.7 Å². The molecule has 1 aromatic heterocycles. The van der Waals surface area contributed by atoms with Crippen LogP contribution < -0.4 is 10.6 Å². The highest BCUT2D eigenvalue weighted by molar-refractivity contribution is 7.15. The Balaban J connectivity index is 1.59. The fourth-order valence-electron chi connectivity index (χ4n) is 3.91. The van der Waals surface area contributed by atoms with E-state index in [0.717, 1.165) is 11.1 Å². The van der Waals surface area contributed by atoms with Gasteiger partial charge in [-0.3, -0.25) is 9.59 Å². The van der Waals surface area contributed by atoms with Crippen molar-refractivity contribution in [3.05, 3.63) is 92.7 Å². The molecule has 2 unspecified atom stereocenters. The van der Waals surface area contributed by atoms with Crippen molar-refractivity contribution in [1.82, 2.24) is 20.4 Å². The van der Waals surface area contributed by atoms with Crippen molar-refractivity contribution in [2.75, 3.05) is 41.3 Å². The summed E-state index contributed by atoms with van der Waals surface area (Å²) in [4.78, 5) is 30.8. The second-order valence-electron chi connectivity index (χ2n) is 9.36. The van der Waals surface area contributed by atoms with Crippen LogP contribution in [0, 0.1) is 13.8 Å². The minimum atomic E-state index is -0.168. The van der Waals surface area contributed by atoms with Crippen molar-refractivity contribution in [2.24, 2.45) is 0 Å². The number of rotatable bonds is 10. The second kappa shape index (κ2) is 12.1. The summed E-state index contributed by atoms with van der Waals surface area (Å²) in [5.41, 5.74) is 4.71. The zero-order valence-electron chi connectivity index (χ0n) is 21.5. The van der Waals surface area contributed by atoms with Crippen LogP contribution in [0.2, 0.25) is 0 Å². The zero-order chi connectivity index (χ0) is 25.5. The minimum absolute atomic E-state index is 0.0621. The van der Waals surface area contributed by atoms with Crippen molar-refractivity contribution >= 4 is 23.2 Å². The van der Waals surface area contributed by atoms with Gasteiger partial charge in [-0.05, 0) is 65.3 Å². The van der Waals surface area contributed by atoms with Gasteiger partial charge in [0.2, 0.25) is 0 Å². The third-order valence-corrected chi connectivity index (χ3v) is 7.22. The van der Waals surface area contributed by atoms with Gasteiger partial charge in [-0.25, -0.2) is 0 Å². The Bertz CT molecular complexity index is 1030. The van der Waals surface area contributed by atoms with Crippen molar-refractivity contribution in [2.45, 2.75) is 25.9 Å². The molecule has 3 rings (SSSR count). The molecule has 0 fully saturated rings. The largest absolute Gasteiger partial charge is 0.349 e. The summed E-state index contributed by atoms with van der Waals surface area (Å²) >= 11 is 1.21. The highest BCUT2D eigenvalue weighted by Gasteiger charge is 2.20. The molecule has 3 aromatic rings. The van der Waals surface area contributed by atoms with E-state index >= 15 is 0 Å². The molecule has 0 saturated carbocycles. The normalized spacial score (nSPS) is 13.0. The Morgan fingerprint density at radius 1 is 0.657 bits per heavy atom. The first-order chi connectivity index (χ1) is 16.7. The predicted molar refractivity (Wildman–Crippen MR) is 144 cm³/mol. The van der Waals surface area contributed by atoms with E-state index in [9.17, 15) is 9.59 Å². The topological polar surface area (TPSA) is 64.7 Å². The van der Waals surface area contributed by atoms with Crippen molar-refractivity contribution < 1.29 is 9.59 Å². The van der Waals surface area contributed by atoms with E-state index < -0.39 is 0 Å². The molecule has 35 heavy (non-hydrogen) atoms. The molecule has 186 valence electrons. The first-order valence-electron chi connectivity index (χ1n) is 11.8. The minimum Gasteiger partial charge on any atom is -0.349 e. The van der Waals surface area contributed by atoms with E-state index in [1.54, 1.807) is 12.1 Å². The van der Waals surface area contributed by atoms with Gasteiger partial charge in [-0.1, -0.05) is 59.7 Å². The monoisotopic (exact) mass is 492 g/mol. The van der Waals surface area contributed by atoms with Gasteiger partial charge in [0.15, 0.2) is 0 Å². The average molecular weight is 493 g/mol. The number of nitrogens with zero attached hydrogens (tertiary/aromatic N) is 2. The number of thiophene rings is 1. The molecule has 0 aliphatic heterocycles. The van der Waals surface area contributed by atoms with Gasteiger partial charge in [-0.15, -0.1) is 11.3 Å². The highest BCUT2D eigenvalue weighted by Crippen LogP contribution is 2.21. The van der Waals surface area contributed by atoms with E-state index in [1.165, 1.54) is 22.5 Å². The molecule has 2 atom stereocenters. The number of aryl methyl sites for hydroxylation is 2. The maximum Gasteiger partial charge on any atom is 0.261 e. The molecular formula is C28H36N4O2S. The van der Waals surface area contributed by atoms with E-state index in [0.29, 0.717) is 22.8 Å². The van der Waals surface area contributed by atoms with Crippen LogP contribution in [-0.4, -0.2) is 62.9 Å². The Morgan fingerprint density at radius 3 is 1.31 bits per heavy atom. The Labute approximate surface area is 213 Å². The molecule has 1 heterocycles. The van der Waals surface area contributed by atoms with Gasteiger partial charge in [0.25, 0.3) is 11.8 Å². The Kier molecular flexibility index (Phi) is 9.20. The Hall–Kier alpha value is -3.00. The van der Waals surface area contributed by atoms with Gasteiger partial charge in [0, 0.05) is 13.1 Å². The molecule has 6 nitrogen and oxygen atoms in total. The summed E-state index contributed by atoms with van der Waals surface area (Å²) in [5, 5.41) is 6.06.